The Balaban J connectivity index is 1.58. The lowest BCUT2D eigenvalue weighted by atomic mass is 10.1. The molecule has 1 unspecified atom stereocenters. The number of aliphatic hydroxyl groups is 1. The van der Waals surface area contributed by atoms with E-state index in [1.807, 2.05) is 5.38 Å². The van der Waals surface area contributed by atoms with Crippen LogP contribution in [0.2, 0.25) is 0 Å². The van der Waals surface area contributed by atoms with Crippen molar-refractivity contribution in [3.63, 3.8) is 0 Å². The summed E-state index contributed by atoms with van der Waals surface area (Å²) in [5, 5.41) is 12.3. The highest BCUT2D eigenvalue weighted by Gasteiger charge is 2.14. The fourth-order valence-electron chi connectivity index (χ4n) is 2.00. The largest absolute Gasteiger partial charge is 0.491 e. The number of halogens is 2. The second kappa shape index (κ2) is 7.37. The standard InChI is InChI=1S/C17H13F2NO3S/c18-11-1-6-14(15(19)9-11)16(21)10-22-12-2-4-13(5-3-12)23-17-20-7-8-24-17/h1-9,16,21H,10H2. The Morgan fingerprint density at radius 1 is 1.08 bits per heavy atom. The van der Waals surface area contributed by atoms with E-state index in [1.54, 1.807) is 30.5 Å². The van der Waals surface area contributed by atoms with Gasteiger partial charge in [-0.15, -0.1) is 0 Å². The second-order valence-electron chi connectivity index (χ2n) is 4.86. The minimum Gasteiger partial charge on any atom is -0.491 e. The highest BCUT2D eigenvalue weighted by molar-refractivity contribution is 7.11. The molecule has 0 amide bonds. The van der Waals surface area contributed by atoms with Crippen LogP contribution in [0.25, 0.3) is 0 Å². The van der Waals surface area contributed by atoms with Crippen molar-refractivity contribution in [1.82, 2.24) is 4.98 Å². The molecule has 0 aliphatic heterocycles. The number of rotatable bonds is 6. The van der Waals surface area contributed by atoms with Crippen molar-refractivity contribution in [2.75, 3.05) is 6.61 Å². The van der Waals surface area contributed by atoms with Gasteiger partial charge in [-0.2, -0.15) is 0 Å². The maximum atomic E-state index is 13.6. The Morgan fingerprint density at radius 2 is 1.83 bits per heavy atom. The summed E-state index contributed by atoms with van der Waals surface area (Å²) >= 11 is 1.38. The molecule has 24 heavy (non-hydrogen) atoms. The van der Waals surface area contributed by atoms with Crippen LogP contribution in [0.4, 0.5) is 8.78 Å². The smallest absolute Gasteiger partial charge is 0.278 e. The maximum Gasteiger partial charge on any atom is 0.278 e. The third kappa shape index (κ3) is 4.06. The highest BCUT2D eigenvalue weighted by Crippen LogP contribution is 2.26. The molecule has 0 aliphatic rings. The second-order valence-corrected chi connectivity index (χ2v) is 5.72. The van der Waals surface area contributed by atoms with Gasteiger partial charge in [-0.25, -0.2) is 13.8 Å². The van der Waals surface area contributed by atoms with Gasteiger partial charge in [0.15, 0.2) is 0 Å². The molecule has 0 radical (unpaired) electrons. The van der Waals surface area contributed by atoms with E-state index >= 15 is 0 Å². The predicted molar refractivity (Wildman–Crippen MR) is 85.4 cm³/mol. The third-order valence-corrected chi connectivity index (χ3v) is 3.82. The van der Waals surface area contributed by atoms with Crippen LogP contribution in [0.5, 0.6) is 16.7 Å². The number of hydrogen-bond acceptors (Lipinski definition) is 5. The Morgan fingerprint density at radius 3 is 2.50 bits per heavy atom. The Labute approximate surface area is 140 Å². The monoisotopic (exact) mass is 349 g/mol. The van der Waals surface area contributed by atoms with Crippen molar-refractivity contribution in [1.29, 1.82) is 0 Å². The minimum absolute atomic E-state index is 0.0138. The Bertz CT molecular complexity index is 794. The molecule has 0 aliphatic carbocycles. The van der Waals surface area contributed by atoms with Crippen molar-refractivity contribution in [3.8, 4) is 16.7 Å². The highest BCUT2D eigenvalue weighted by atomic mass is 32.1. The third-order valence-electron chi connectivity index (χ3n) is 3.17. The van der Waals surface area contributed by atoms with Gasteiger partial charge in [0.25, 0.3) is 5.19 Å². The van der Waals surface area contributed by atoms with Crippen LogP contribution >= 0.6 is 11.3 Å². The van der Waals surface area contributed by atoms with Crippen molar-refractivity contribution in [3.05, 3.63) is 71.2 Å². The molecule has 0 spiro atoms. The lowest BCUT2D eigenvalue weighted by Gasteiger charge is -2.13. The zero-order chi connectivity index (χ0) is 16.9. The molecule has 0 bridgehead atoms. The molecule has 1 N–H and O–H groups in total. The van der Waals surface area contributed by atoms with Gasteiger partial charge < -0.3 is 14.6 Å². The van der Waals surface area contributed by atoms with Crippen LogP contribution in [-0.2, 0) is 0 Å². The Kier molecular flexibility index (Phi) is 5.02. The van der Waals surface area contributed by atoms with Gasteiger partial charge in [-0.05, 0) is 30.3 Å². The fraction of sp³-hybridized carbons (Fsp3) is 0.118. The first-order chi connectivity index (χ1) is 11.6. The molecule has 0 fully saturated rings. The summed E-state index contributed by atoms with van der Waals surface area (Å²) in [6.45, 7) is -0.158. The van der Waals surface area contributed by atoms with E-state index in [2.05, 4.69) is 4.98 Å². The molecule has 0 saturated carbocycles. The first-order valence-electron chi connectivity index (χ1n) is 7.05. The van der Waals surface area contributed by atoms with E-state index in [9.17, 15) is 13.9 Å². The van der Waals surface area contributed by atoms with Gasteiger partial charge in [0.1, 0.15) is 35.8 Å². The van der Waals surface area contributed by atoms with Crippen molar-refractivity contribution >= 4 is 11.3 Å². The topological polar surface area (TPSA) is 51.6 Å². The first kappa shape index (κ1) is 16.4. The summed E-state index contributed by atoms with van der Waals surface area (Å²) in [4.78, 5) is 4.01. The van der Waals surface area contributed by atoms with E-state index in [4.69, 9.17) is 9.47 Å². The van der Waals surface area contributed by atoms with Gasteiger partial charge >= 0.3 is 0 Å². The summed E-state index contributed by atoms with van der Waals surface area (Å²) in [5.41, 5.74) is -0.0138. The summed E-state index contributed by atoms with van der Waals surface area (Å²) in [7, 11) is 0. The Hall–Kier alpha value is -2.51. The molecule has 1 aromatic heterocycles. The van der Waals surface area contributed by atoms with Gasteiger partial charge in [-0.1, -0.05) is 17.4 Å². The molecule has 1 atom stereocenters. The van der Waals surface area contributed by atoms with Crippen LogP contribution in [-0.4, -0.2) is 16.7 Å². The van der Waals surface area contributed by atoms with Gasteiger partial charge in [0, 0.05) is 23.2 Å². The molecule has 7 heteroatoms. The van der Waals surface area contributed by atoms with Crippen LogP contribution in [0.15, 0.2) is 54.0 Å². The predicted octanol–water partition coefficient (Wildman–Crippen LogP) is 4.33. The molecule has 3 aromatic rings. The molecule has 0 saturated heterocycles. The molecule has 4 nitrogen and oxygen atoms in total. The molecular formula is C17H13F2NO3S. The quantitative estimate of drug-likeness (QED) is 0.720. The van der Waals surface area contributed by atoms with Crippen LogP contribution in [0.3, 0.4) is 0 Å². The van der Waals surface area contributed by atoms with Crippen molar-refractivity contribution in [2.45, 2.75) is 6.10 Å². The van der Waals surface area contributed by atoms with Crippen LogP contribution < -0.4 is 9.47 Å². The average molecular weight is 349 g/mol. The molecule has 2 aromatic carbocycles. The summed E-state index contributed by atoms with van der Waals surface area (Å²) in [6, 6.07) is 9.73. The van der Waals surface area contributed by atoms with E-state index in [-0.39, 0.29) is 12.2 Å². The number of hydrogen-bond donors (Lipinski definition) is 1. The number of ether oxygens (including phenoxy) is 2. The van der Waals surface area contributed by atoms with Crippen molar-refractivity contribution in [2.24, 2.45) is 0 Å². The summed E-state index contributed by atoms with van der Waals surface area (Å²) in [5.74, 6) is -0.413. The number of aromatic nitrogens is 1. The number of aliphatic hydroxyl groups excluding tert-OH is 1. The fourth-order valence-corrected chi connectivity index (χ4v) is 2.51. The molecule has 1 heterocycles. The van der Waals surface area contributed by atoms with E-state index in [0.717, 1.165) is 12.1 Å². The van der Waals surface area contributed by atoms with Crippen molar-refractivity contribution < 1.29 is 23.4 Å². The van der Waals surface area contributed by atoms with E-state index in [0.29, 0.717) is 16.7 Å². The van der Waals surface area contributed by atoms with Gasteiger partial charge in [-0.3, -0.25) is 0 Å². The molecule has 124 valence electrons. The number of nitrogens with zero attached hydrogens (tertiary/aromatic N) is 1. The van der Waals surface area contributed by atoms with Crippen LogP contribution in [0.1, 0.15) is 11.7 Å². The zero-order valence-corrected chi connectivity index (χ0v) is 13.2. The lowest BCUT2D eigenvalue weighted by Crippen LogP contribution is -2.11. The van der Waals surface area contributed by atoms with Gasteiger partial charge in [0.2, 0.25) is 0 Å². The first-order valence-corrected chi connectivity index (χ1v) is 7.93. The summed E-state index contributed by atoms with van der Waals surface area (Å²) in [6.07, 6.45) is 0.449. The minimum atomic E-state index is -1.20. The lowest BCUT2D eigenvalue weighted by molar-refractivity contribution is 0.105. The van der Waals surface area contributed by atoms with E-state index < -0.39 is 17.7 Å². The number of thiazole rings is 1. The van der Waals surface area contributed by atoms with E-state index in [1.165, 1.54) is 17.4 Å². The average Bonchev–Trinajstić information content (AvgIpc) is 3.07. The normalized spacial score (nSPS) is 12.0. The maximum absolute atomic E-state index is 13.6. The number of benzene rings is 2. The SMILES string of the molecule is OC(COc1ccc(Oc2nccs2)cc1)c1ccc(F)cc1F. The molecule has 3 rings (SSSR count). The van der Waals surface area contributed by atoms with Crippen LogP contribution in [0, 0.1) is 11.6 Å². The zero-order valence-electron chi connectivity index (χ0n) is 12.4. The van der Waals surface area contributed by atoms with Gasteiger partial charge in [0.05, 0.1) is 0 Å². The summed E-state index contributed by atoms with van der Waals surface area (Å²) < 4.78 is 37.4. The molecular weight excluding hydrogens is 336 g/mol.